The molecule has 5 nitrogen and oxygen atoms in total. The average Bonchev–Trinajstić information content (AvgIpc) is 2.91. The Balaban J connectivity index is 1.89. The fourth-order valence-electron chi connectivity index (χ4n) is 3.10. The molecule has 0 aromatic rings. The minimum Gasteiger partial charge on any atom is -0.481 e. The molecule has 2 aliphatic rings. The Morgan fingerprint density at radius 2 is 2.21 bits per heavy atom. The fourth-order valence-corrected chi connectivity index (χ4v) is 3.10. The summed E-state index contributed by atoms with van der Waals surface area (Å²) < 4.78 is 5.27. The Morgan fingerprint density at radius 1 is 1.42 bits per heavy atom. The molecule has 2 aliphatic heterocycles. The highest BCUT2D eigenvalue weighted by Crippen LogP contribution is 2.28. The van der Waals surface area contributed by atoms with Gasteiger partial charge in [-0.05, 0) is 31.1 Å². The summed E-state index contributed by atoms with van der Waals surface area (Å²) in [4.78, 5) is 25.0. The number of amides is 1. The second kappa shape index (κ2) is 6.37. The van der Waals surface area contributed by atoms with E-state index in [0.29, 0.717) is 25.7 Å². The first-order chi connectivity index (χ1) is 9.08. The highest BCUT2D eigenvalue weighted by Gasteiger charge is 2.33. The number of carboxylic acids is 1. The smallest absolute Gasteiger partial charge is 0.303 e. The number of carboxylic acid groups (broad SMARTS) is 1. The van der Waals surface area contributed by atoms with E-state index in [1.807, 2.05) is 11.8 Å². The normalized spacial score (nSPS) is 29.2. The van der Waals surface area contributed by atoms with E-state index in [9.17, 15) is 9.59 Å². The molecule has 1 amide bonds. The lowest BCUT2D eigenvalue weighted by atomic mass is 9.84. The topological polar surface area (TPSA) is 66.8 Å². The van der Waals surface area contributed by atoms with Gasteiger partial charge in [0.05, 0.1) is 12.5 Å². The van der Waals surface area contributed by atoms with Crippen LogP contribution >= 0.6 is 0 Å². The quantitative estimate of drug-likeness (QED) is 0.837. The molecule has 0 aliphatic carbocycles. The molecule has 2 rings (SSSR count). The van der Waals surface area contributed by atoms with Gasteiger partial charge in [0, 0.05) is 26.1 Å². The number of aliphatic carboxylic acids is 1. The van der Waals surface area contributed by atoms with Gasteiger partial charge in [-0.1, -0.05) is 6.92 Å². The number of carbonyl (C=O) groups excluding carboxylic acids is 1. The molecule has 108 valence electrons. The van der Waals surface area contributed by atoms with Crippen LogP contribution in [0.2, 0.25) is 0 Å². The van der Waals surface area contributed by atoms with Gasteiger partial charge in [0.2, 0.25) is 5.91 Å². The highest BCUT2D eigenvalue weighted by molar-refractivity contribution is 5.79. The second-order valence-electron chi connectivity index (χ2n) is 5.82. The zero-order valence-electron chi connectivity index (χ0n) is 11.5. The van der Waals surface area contributed by atoms with Crippen LogP contribution in [0.5, 0.6) is 0 Å². The van der Waals surface area contributed by atoms with Crippen LogP contribution in [0.15, 0.2) is 0 Å². The Hall–Kier alpha value is -1.10. The van der Waals surface area contributed by atoms with Gasteiger partial charge in [-0.2, -0.15) is 0 Å². The molecule has 0 saturated carbocycles. The third-order valence-electron chi connectivity index (χ3n) is 4.35. The molecule has 2 fully saturated rings. The lowest BCUT2D eigenvalue weighted by Crippen LogP contribution is -2.44. The number of hydrogen-bond acceptors (Lipinski definition) is 3. The average molecular weight is 269 g/mol. The first kappa shape index (κ1) is 14.3. The van der Waals surface area contributed by atoms with Crippen LogP contribution in [0.1, 0.15) is 32.6 Å². The molecule has 0 aromatic heterocycles. The van der Waals surface area contributed by atoms with Gasteiger partial charge in [-0.3, -0.25) is 9.59 Å². The third kappa shape index (κ3) is 3.69. The maximum absolute atomic E-state index is 12.3. The highest BCUT2D eigenvalue weighted by atomic mass is 16.5. The Kier molecular flexibility index (Phi) is 4.80. The molecule has 0 aromatic carbocycles. The lowest BCUT2D eigenvalue weighted by Gasteiger charge is -2.36. The summed E-state index contributed by atoms with van der Waals surface area (Å²) in [5.41, 5.74) is 0. The Morgan fingerprint density at radius 3 is 2.84 bits per heavy atom. The van der Waals surface area contributed by atoms with E-state index in [4.69, 9.17) is 9.84 Å². The van der Waals surface area contributed by atoms with Crippen LogP contribution in [-0.4, -0.2) is 48.2 Å². The summed E-state index contributed by atoms with van der Waals surface area (Å²) in [6.07, 6.45) is 3.03. The van der Waals surface area contributed by atoms with E-state index in [-0.39, 0.29) is 24.2 Å². The van der Waals surface area contributed by atoms with Crippen LogP contribution < -0.4 is 0 Å². The largest absolute Gasteiger partial charge is 0.481 e. The van der Waals surface area contributed by atoms with Crippen molar-refractivity contribution in [2.45, 2.75) is 32.6 Å². The second-order valence-corrected chi connectivity index (χ2v) is 5.82. The van der Waals surface area contributed by atoms with Crippen molar-refractivity contribution in [2.75, 3.05) is 26.3 Å². The summed E-state index contributed by atoms with van der Waals surface area (Å²) in [6, 6.07) is 0. The Labute approximate surface area is 113 Å². The van der Waals surface area contributed by atoms with Crippen molar-refractivity contribution in [1.29, 1.82) is 0 Å². The lowest BCUT2D eigenvalue weighted by molar-refractivity contribution is -0.139. The van der Waals surface area contributed by atoms with E-state index in [2.05, 4.69) is 0 Å². The minimum absolute atomic E-state index is 0.0218. The van der Waals surface area contributed by atoms with Crippen LogP contribution in [0.3, 0.4) is 0 Å². The van der Waals surface area contributed by atoms with Crippen LogP contribution in [-0.2, 0) is 14.3 Å². The van der Waals surface area contributed by atoms with Gasteiger partial charge in [0.15, 0.2) is 0 Å². The summed E-state index contributed by atoms with van der Waals surface area (Å²) >= 11 is 0. The van der Waals surface area contributed by atoms with Crippen molar-refractivity contribution in [3.8, 4) is 0 Å². The first-order valence-electron chi connectivity index (χ1n) is 7.16. The van der Waals surface area contributed by atoms with Gasteiger partial charge in [-0.15, -0.1) is 0 Å². The van der Waals surface area contributed by atoms with E-state index >= 15 is 0 Å². The summed E-state index contributed by atoms with van der Waals surface area (Å²) in [7, 11) is 0. The molecule has 19 heavy (non-hydrogen) atoms. The van der Waals surface area contributed by atoms with E-state index in [1.165, 1.54) is 0 Å². The van der Waals surface area contributed by atoms with Crippen molar-refractivity contribution in [2.24, 2.45) is 17.8 Å². The molecule has 2 heterocycles. The number of hydrogen-bond donors (Lipinski definition) is 1. The molecule has 3 unspecified atom stereocenters. The fraction of sp³-hybridized carbons (Fsp3) is 0.857. The van der Waals surface area contributed by atoms with Crippen LogP contribution in [0.4, 0.5) is 0 Å². The molecule has 2 saturated heterocycles. The molecule has 0 bridgehead atoms. The van der Waals surface area contributed by atoms with Crippen LogP contribution in [0.25, 0.3) is 0 Å². The number of carbonyl (C=O) groups is 2. The number of rotatable bonds is 4. The summed E-state index contributed by atoms with van der Waals surface area (Å²) in [5, 5.41) is 8.87. The van der Waals surface area contributed by atoms with Gasteiger partial charge < -0.3 is 14.7 Å². The predicted octanol–water partition coefficient (Wildman–Crippen LogP) is 1.37. The zero-order chi connectivity index (χ0) is 13.8. The van der Waals surface area contributed by atoms with Crippen molar-refractivity contribution < 1.29 is 19.4 Å². The maximum Gasteiger partial charge on any atom is 0.303 e. The zero-order valence-corrected chi connectivity index (χ0v) is 11.5. The Bertz CT molecular complexity index is 338. The predicted molar refractivity (Wildman–Crippen MR) is 69.6 cm³/mol. The number of piperidine rings is 1. The van der Waals surface area contributed by atoms with Crippen molar-refractivity contribution in [3.05, 3.63) is 0 Å². The van der Waals surface area contributed by atoms with E-state index in [1.54, 1.807) is 0 Å². The summed E-state index contributed by atoms with van der Waals surface area (Å²) in [6.45, 7) is 4.73. The standard InChI is InChI=1S/C14H23NO4/c1-10(7-13(16)17)11-3-2-5-15(8-11)14(18)12-4-6-19-9-12/h10-12H,2-9H2,1H3,(H,16,17). The van der Waals surface area contributed by atoms with Crippen molar-refractivity contribution in [3.63, 3.8) is 0 Å². The van der Waals surface area contributed by atoms with Crippen molar-refractivity contribution in [1.82, 2.24) is 4.90 Å². The van der Waals surface area contributed by atoms with Gasteiger partial charge in [0.1, 0.15) is 0 Å². The number of ether oxygens (including phenoxy) is 1. The van der Waals surface area contributed by atoms with Crippen molar-refractivity contribution >= 4 is 11.9 Å². The van der Waals surface area contributed by atoms with Gasteiger partial charge in [0.25, 0.3) is 0 Å². The summed E-state index contributed by atoms with van der Waals surface area (Å²) in [5.74, 6) is -0.0811. The molecular formula is C14H23NO4. The van der Waals surface area contributed by atoms with Gasteiger partial charge >= 0.3 is 5.97 Å². The van der Waals surface area contributed by atoms with E-state index in [0.717, 1.165) is 25.8 Å². The molecule has 1 N–H and O–H groups in total. The minimum atomic E-state index is -0.750. The first-order valence-corrected chi connectivity index (χ1v) is 7.16. The number of nitrogens with zero attached hydrogens (tertiary/aromatic N) is 1. The maximum atomic E-state index is 12.3. The molecule has 0 spiro atoms. The molecule has 5 heteroatoms. The molecular weight excluding hydrogens is 246 g/mol. The monoisotopic (exact) mass is 269 g/mol. The SMILES string of the molecule is CC(CC(=O)O)C1CCCN(C(=O)C2CCOC2)C1. The number of likely N-dealkylation sites (tertiary alicyclic amines) is 1. The van der Waals surface area contributed by atoms with Gasteiger partial charge in [-0.25, -0.2) is 0 Å². The van der Waals surface area contributed by atoms with Crippen LogP contribution in [0, 0.1) is 17.8 Å². The molecule has 3 atom stereocenters. The van der Waals surface area contributed by atoms with E-state index < -0.39 is 5.97 Å². The molecule has 0 radical (unpaired) electrons. The third-order valence-corrected chi connectivity index (χ3v) is 4.35.